The van der Waals surface area contributed by atoms with Crippen molar-refractivity contribution in [3.8, 4) is 0 Å². The first kappa shape index (κ1) is 16.6. The van der Waals surface area contributed by atoms with E-state index < -0.39 is 0 Å². The summed E-state index contributed by atoms with van der Waals surface area (Å²) in [4.78, 5) is 16.7. The molecule has 1 N–H and O–H groups in total. The number of benzene rings is 2. The van der Waals surface area contributed by atoms with Crippen LogP contribution in [-0.4, -0.2) is 22.0 Å². The molecule has 24 heavy (non-hydrogen) atoms. The van der Waals surface area contributed by atoms with E-state index in [-0.39, 0.29) is 11.7 Å². The minimum absolute atomic E-state index is 0.214. The molecule has 1 heterocycles. The van der Waals surface area contributed by atoms with Gasteiger partial charge in [0.1, 0.15) is 11.6 Å². The lowest BCUT2D eigenvalue weighted by Crippen LogP contribution is -2.25. The third-order valence-corrected chi connectivity index (χ3v) is 4.52. The largest absolute Gasteiger partial charge is 0.352 e. The third kappa shape index (κ3) is 3.48. The lowest BCUT2D eigenvalue weighted by molar-refractivity contribution is 0.0952. The fourth-order valence-corrected chi connectivity index (χ4v) is 3.22. The molecule has 6 heteroatoms. The smallest absolute Gasteiger partial charge is 0.252 e. The summed E-state index contributed by atoms with van der Waals surface area (Å²) in [5.41, 5.74) is 2.51. The molecule has 4 nitrogen and oxygen atoms in total. The molecule has 2 aromatic carbocycles. The molecule has 1 amide bonds. The van der Waals surface area contributed by atoms with Gasteiger partial charge in [-0.05, 0) is 59.6 Å². The average molecular weight is 390 g/mol. The van der Waals surface area contributed by atoms with Crippen molar-refractivity contribution in [2.45, 2.75) is 19.9 Å². The molecule has 0 bridgehead atoms. The maximum absolute atomic E-state index is 13.1. The highest BCUT2D eigenvalue weighted by atomic mass is 79.9. The first-order chi connectivity index (χ1) is 11.6. The number of fused-ring (bicyclic) bond motifs is 1. The van der Waals surface area contributed by atoms with Gasteiger partial charge in [0.15, 0.2) is 0 Å². The topological polar surface area (TPSA) is 46.9 Å². The number of aryl methyl sites for hydroxylation is 2. The Bertz CT molecular complexity index is 891. The van der Waals surface area contributed by atoms with Crippen molar-refractivity contribution in [3.05, 3.63) is 64.1 Å². The molecule has 1 aromatic heterocycles. The number of hydrogen-bond donors (Lipinski definition) is 1. The Kier molecular flexibility index (Phi) is 4.94. The normalized spacial score (nSPS) is 11.0. The van der Waals surface area contributed by atoms with Crippen LogP contribution in [0.5, 0.6) is 0 Å². The fourth-order valence-electron chi connectivity index (χ4n) is 2.69. The van der Waals surface area contributed by atoms with Crippen LogP contribution in [0, 0.1) is 12.7 Å². The Morgan fingerprint density at radius 1 is 1.29 bits per heavy atom. The van der Waals surface area contributed by atoms with Crippen LogP contribution in [0.15, 0.2) is 46.9 Å². The van der Waals surface area contributed by atoms with Crippen LogP contribution in [0.2, 0.25) is 0 Å². The second-order valence-corrected chi connectivity index (χ2v) is 6.39. The Balaban J connectivity index is 1.58. The summed E-state index contributed by atoms with van der Waals surface area (Å²) in [6, 6.07) is 12.0. The molecule has 0 aliphatic carbocycles. The van der Waals surface area contributed by atoms with Crippen LogP contribution < -0.4 is 5.32 Å². The molecular weight excluding hydrogens is 373 g/mol. The second-order valence-electron chi connectivity index (χ2n) is 5.53. The summed E-state index contributed by atoms with van der Waals surface area (Å²) in [7, 11) is 0. The predicted octanol–water partition coefficient (Wildman–Crippen LogP) is 4.07. The summed E-state index contributed by atoms with van der Waals surface area (Å²) in [6.07, 6.45) is 0.783. The average Bonchev–Trinajstić information content (AvgIpc) is 2.87. The number of aromatic nitrogens is 2. The number of nitrogens with zero attached hydrogens (tertiary/aromatic N) is 2. The van der Waals surface area contributed by atoms with Gasteiger partial charge in [0.05, 0.1) is 16.6 Å². The minimum atomic E-state index is -0.374. The molecule has 0 fully saturated rings. The minimum Gasteiger partial charge on any atom is -0.352 e. The Labute approximate surface area is 147 Å². The zero-order valence-electron chi connectivity index (χ0n) is 13.2. The highest BCUT2D eigenvalue weighted by molar-refractivity contribution is 9.10. The van der Waals surface area contributed by atoms with E-state index in [1.807, 2.05) is 31.2 Å². The van der Waals surface area contributed by atoms with Crippen LogP contribution in [-0.2, 0) is 6.54 Å². The molecule has 0 spiro atoms. The second kappa shape index (κ2) is 7.13. The van der Waals surface area contributed by atoms with E-state index in [1.54, 1.807) is 0 Å². The van der Waals surface area contributed by atoms with Crippen molar-refractivity contribution >= 4 is 32.9 Å². The van der Waals surface area contributed by atoms with Gasteiger partial charge in [-0.15, -0.1) is 0 Å². The number of rotatable bonds is 5. The van der Waals surface area contributed by atoms with Crippen LogP contribution >= 0.6 is 15.9 Å². The number of hydrogen-bond acceptors (Lipinski definition) is 2. The van der Waals surface area contributed by atoms with E-state index in [2.05, 4.69) is 30.8 Å². The van der Waals surface area contributed by atoms with Gasteiger partial charge in [-0.1, -0.05) is 12.1 Å². The van der Waals surface area contributed by atoms with Crippen molar-refractivity contribution < 1.29 is 9.18 Å². The van der Waals surface area contributed by atoms with Gasteiger partial charge in [-0.3, -0.25) is 4.79 Å². The first-order valence-electron chi connectivity index (χ1n) is 7.71. The van der Waals surface area contributed by atoms with Crippen molar-refractivity contribution in [1.29, 1.82) is 0 Å². The van der Waals surface area contributed by atoms with Crippen LogP contribution in [0.4, 0.5) is 4.39 Å². The van der Waals surface area contributed by atoms with Gasteiger partial charge in [-0.2, -0.15) is 0 Å². The number of imidazole rings is 1. The maximum atomic E-state index is 13.1. The molecule has 0 radical (unpaired) electrons. The van der Waals surface area contributed by atoms with E-state index in [9.17, 15) is 9.18 Å². The molecule has 0 atom stereocenters. The molecule has 124 valence electrons. The molecule has 3 rings (SSSR count). The van der Waals surface area contributed by atoms with Crippen molar-refractivity contribution in [2.75, 3.05) is 6.54 Å². The van der Waals surface area contributed by atoms with Crippen molar-refractivity contribution in [1.82, 2.24) is 14.9 Å². The standard InChI is InChI=1S/C18H17BrFN3O/c1-12-22-16-5-2-3-6-17(16)23(12)10-4-9-21-18(24)14-8-7-13(20)11-15(14)19/h2-3,5-8,11H,4,9-10H2,1H3,(H,21,24). The Morgan fingerprint density at radius 2 is 2.08 bits per heavy atom. The summed E-state index contributed by atoms with van der Waals surface area (Å²) in [6.45, 7) is 3.29. The van der Waals surface area contributed by atoms with E-state index >= 15 is 0 Å². The molecule has 3 aromatic rings. The Morgan fingerprint density at radius 3 is 2.88 bits per heavy atom. The van der Waals surface area contributed by atoms with E-state index in [0.717, 1.165) is 29.8 Å². The van der Waals surface area contributed by atoms with Crippen LogP contribution in [0.25, 0.3) is 11.0 Å². The molecule has 0 unspecified atom stereocenters. The number of para-hydroxylation sites is 2. The lowest BCUT2D eigenvalue weighted by Gasteiger charge is -2.09. The van der Waals surface area contributed by atoms with Crippen LogP contribution in [0.1, 0.15) is 22.6 Å². The fraction of sp³-hybridized carbons (Fsp3) is 0.222. The number of halogens is 2. The highest BCUT2D eigenvalue weighted by Gasteiger charge is 2.10. The summed E-state index contributed by atoms with van der Waals surface area (Å²) in [5.74, 6) is 0.374. The molecule has 0 aliphatic heterocycles. The van der Waals surface area contributed by atoms with E-state index in [0.29, 0.717) is 16.6 Å². The number of nitrogens with one attached hydrogen (secondary N) is 1. The summed E-state index contributed by atoms with van der Waals surface area (Å²) in [5, 5.41) is 2.86. The number of amides is 1. The van der Waals surface area contributed by atoms with Crippen molar-refractivity contribution in [3.63, 3.8) is 0 Å². The number of carbonyl (C=O) groups excluding carboxylic acids is 1. The zero-order chi connectivity index (χ0) is 17.1. The molecular formula is C18H17BrFN3O. The quantitative estimate of drug-likeness (QED) is 0.668. The zero-order valence-corrected chi connectivity index (χ0v) is 14.8. The SMILES string of the molecule is Cc1nc2ccccc2n1CCCNC(=O)c1ccc(F)cc1Br. The molecule has 0 aliphatic rings. The Hall–Kier alpha value is -2.21. The van der Waals surface area contributed by atoms with Gasteiger partial charge in [-0.25, -0.2) is 9.37 Å². The predicted molar refractivity (Wildman–Crippen MR) is 95.5 cm³/mol. The van der Waals surface area contributed by atoms with Gasteiger partial charge in [0.25, 0.3) is 5.91 Å². The maximum Gasteiger partial charge on any atom is 0.252 e. The first-order valence-corrected chi connectivity index (χ1v) is 8.50. The number of carbonyl (C=O) groups is 1. The van der Waals surface area contributed by atoms with Crippen molar-refractivity contribution in [2.24, 2.45) is 0 Å². The van der Waals surface area contributed by atoms with Gasteiger partial charge < -0.3 is 9.88 Å². The molecule has 0 saturated heterocycles. The van der Waals surface area contributed by atoms with E-state index in [4.69, 9.17) is 0 Å². The van der Waals surface area contributed by atoms with Gasteiger partial charge >= 0.3 is 0 Å². The van der Waals surface area contributed by atoms with Gasteiger partial charge in [0, 0.05) is 17.6 Å². The monoisotopic (exact) mass is 389 g/mol. The van der Waals surface area contributed by atoms with E-state index in [1.165, 1.54) is 18.2 Å². The third-order valence-electron chi connectivity index (χ3n) is 3.87. The lowest BCUT2D eigenvalue weighted by atomic mass is 10.2. The molecule has 0 saturated carbocycles. The van der Waals surface area contributed by atoms with Gasteiger partial charge in [0.2, 0.25) is 0 Å². The summed E-state index contributed by atoms with van der Waals surface area (Å²) >= 11 is 3.21. The summed E-state index contributed by atoms with van der Waals surface area (Å²) < 4.78 is 15.7. The van der Waals surface area contributed by atoms with Crippen LogP contribution in [0.3, 0.4) is 0 Å². The highest BCUT2D eigenvalue weighted by Crippen LogP contribution is 2.18.